The first-order valence-corrected chi connectivity index (χ1v) is 10.5. The number of carboxylic acids is 1. The molecule has 0 saturated carbocycles. The van der Waals surface area contributed by atoms with Crippen molar-refractivity contribution in [2.75, 3.05) is 4.90 Å². The predicted octanol–water partition coefficient (Wildman–Crippen LogP) is 3.93. The molecule has 2 N–H and O–H groups in total. The Morgan fingerprint density at radius 1 is 1.06 bits per heavy atom. The fourth-order valence-electron chi connectivity index (χ4n) is 3.33. The minimum Gasteiger partial charge on any atom is -0.488 e. The van der Waals surface area contributed by atoms with Crippen molar-refractivity contribution in [1.29, 1.82) is 0 Å². The highest BCUT2D eigenvalue weighted by Crippen LogP contribution is 2.27. The average Bonchev–Trinajstić information content (AvgIpc) is 2.82. The number of carbonyl (C=O) groups excluding carboxylic acids is 2. The van der Waals surface area contributed by atoms with E-state index < -0.39 is 23.6 Å². The first kappa shape index (κ1) is 22.8. The molecule has 9 heteroatoms. The van der Waals surface area contributed by atoms with Crippen molar-refractivity contribution in [3.8, 4) is 5.75 Å². The molecule has 0 bridgehead atoms. The van der Waals surface area contributed by atoms with Gasteiger partial charge in [0.15, 0.2) is 5.11 Å². The second-order valence-corrected chi connectivity index (χ2v) is 7.62. The number of amides is 2. The zero-order valence-corrected chi connectivity index (χ0v) is 18.3. The molecule has 0 aromatic heterocycles. The summed E-state index contributed by atoms with van der Waals surface area (Å²) in [6.07, 6.45) is 1.35. The second-order valence-electron chi connectivity index (χ2n) is 7.23. The number of hydrogen-bond donors (Lipinski definition) is 2. The summed E-state index contributed by atoms with van der Waals surface area (Å²) in [7, 11) is 0. The number of carbonyl (C=O) groups is 3. The maximum Gasteiger partial charge on any atom is 0.335 e. The van der Waals surface area contributed by atoms with E-state index in [4.69, 9.17) is 17.0 Å². The molecule has 1 heterocycles. The third-order valence-corrected chi connectivity index (χ3v) is 5.30. The Morgan fingerprint density at radius 2 is 1.79 bits per heavy atom. The number of nitrogens with one attached hydrogen (secondary N) is 1. The second kappa shape index (κ2) is 9.63. The molecule has 7 nitrogen and oxygen atoms in total. The third-order valence-electron chi connectivity index (χ3n) is 5.01. The van der Waals surface area contributed by atoms with Gasteiger partial charge in [-0.2, -0.15) is 0 Å². The van der Waals surface area contributed by atoms with E-state index in [2.05, 4.69) is 5.32 Å². The maximum absolute atomic E-state index is 13.9. The van der Waals surface area contributed by atoms with Crippen LogP contribution in [0.15, 0.2) is 78.4 Å². The Labute approximate surface area is 199 Å². The molecule has 0 aliphatic carbocycles. The Morgan fingerprint density at radius 3 is 2.56 bits per heavy atom. The van der Waals surface area contributed by atoms with Crippen LogP contribution >= 0.6 is 12.2 Å². The molecule has 1 aliphatic heterocycles. The Balaban J connectivity index is 1.66. The van der Waals surface area contributed by atoms with Gasteiger partial charge < -0.3 is 9.84 Å². The van der Waals surface area contributed by atoms with Crippen molar-refractivity contribution in [3.63, 3.8) is 0 Å². The molecule has 34 heavy (non-hydrogen) atoms. The molecule has 1 fully saturated rings. The van der Waals surface area contributed by atoms with Crippen molar-refractivity contribution in [2.24, 2.45) is 0 Å². The van der Waals surface area contributed by atoms with Crippen LogP contribution in [0.3, 0.4) is 0 Å². The van der Waals surface area contributed by atoms with E-state index >= 15 is 0 Å². The molecular formula is C25H17FN2O5S. The topological polar surface area (TPSA) is 95.9 Å². The van der Waals surface area contributed by atoms with Crippen LogP contribution in [-0.4, -0.2) is 28.0 Å². The van der Waals surface area contributed by atoms with Gasteiger partial charge in [-0.3, -0.25) is 19.8 Å². The van der Waals surface area contributed by atoms with Crippen LogP contribution in [0.2, 0.25) is 0 Å². The van der Waals surface area contributed by atoms with Crippen LogP contribution in [-0.2, 0) is 16.2 Å². The van der Waals surface area contributed by atoms with Crippen LogP contribution in [0.4, 0.5) is 10.1 Å². The fourth-order valence-corrected chi connectivity index (χ4v) is 3.61. The Kier molecular flexibility index (Phi) is 6.46. The number of para-hydroxylation sites is 1. The summed E-state index contributed by atoms with van der Waals surface area (Å²) in [5, 5.41) is 11.5. The molecular weight excluding hydrogens is 459 g/mol. The van der Waals surface area contributed by atoms with Gasteiger partial charge in [0.05, 0.1) is 11.3 Å². The minimum atomic E-state index is -1.17. The lowest BCUT2D eigenvalue weighted by Gasteiger charge is -2.29. The molecule has 0 atom stereocenters. The van der Waals surface area contributed by atoms with Gasteiger partial charge in [-0.05, 0) is 48.6 Å². The summed E-state index contributed by atoms with van der Waals surface area (Å²) < 4.78 is 19.7. The van der Waals surface area contributed by atoms with Crippen molar-refractivity contribution in [3.05, 3.63) is 101 Å². The highest BCUT2D eigenvalue weighted by atomic mass is 32.1. The highest BCUT2D eigenvalue weighted by Gasteiger charge is 2.35. The minimum absolute atomic E-state index is 0.0394. The van der Waals surface area contributed by atoms with Crippen molar-refractivity contribution < 1.29 is 28.6 Å². The molecule has 0 radical (unpaired) electrons. The average molecular weight is 476 g/mol. The number of thiocarbonyl (C=S) groups is 1. The zero-order valence-electron chi connectivity index (χ0n) is 17.5. The molecule has 3 aromatic rings. The van der Waals surface area contributed by atoms with Gasteiger partial charge in [-0.1, -0.05) is 42.5 Å². The summed E-state index contributed by atoms with van der Waals surface area (Å²) in [6.45, 7) is -0.0504. The smallest absolute Gasteiger partial charge is 0.335 e. The molecule has 3 aromatic carbocycles. The highest BCUT2D eigenvalue weighted by molar-refractivity contribution is 7.80. The molecule has 0 spiro atoms. The SMILES string of the molecule is O=C1NC(=S)N(c2cccc(C(=O)O)c2)C(=O)C1=Cc1ccccc1OCc1ccccc1F. The van der Waals surface area contributed by atoms with Crippen LogP contribution in [0.25, 0.3) is 6.08 Å². The monoisotopic (exact) mass is 476 g/mol. The molecule has 170 valence electrons. The van der Waals surface area contributed by atoms with E-state index in [1.165, 1.54) is 36.4 Å². The zero-order chi connectivity index (χ0) is 24.2. The van der Waals surface area contributed by atoms with Crippen molar-refractivity contribution in [1.82, 2.24) is 5.32 Å². The van der Waals surface area contributed by atoms with Crippen LogP contribution < -0.4 is 15.0 Å². The van der Waals surface area contributed by atoms with E-state index in [0.29, 0.717) is 16.9 Å². The number of benzene rings is 3. The summed E-state index contributed by atoms with van der Waals surface area (Å²) in [4.78, 5) is 38.2. The summed E-state index contributed by atoms with van der Waals surface area (Å²) in [6, 6.07) is 18.5. The number of anilines is 1. The van der Waals surface area contributed by atoms with Crippen LogP contribution in [0, 0.1) is 5.82 Å². The fraction of sp³-hybridized carbons (Fsp3) is 0.0400. The van der Waals surface area contributed by atoms with Gasteiger partial charge in [0, 0.05) is 11.1 Å². The number of ether oxygens (including phenoxy) is 1. The molecule has 1 saturated heterocycles. The number of nitrogens with zero attached hydrogens (tertiary/aromatic N) is 1. The third kappa shape index (κ3) is 4.69. The van der Waals surface area contributed by atoms with E-state index in [1.54, 1.807) is 42.5 Å². The molecule has 2 amide bonds. The number of aromatic carboxylic acids is 1. The predicted molar refractivity (Wildman–Crippen MR) is 127 cm³/mol. The summed E-state index contributed by atoms with van der Waals surface area (Å²) in [5.74, 6) is -2.66. The van der Waals surface area contributed by atoms with Crippen molar-refractivity contribution in [2.45, 2.75) is 6.61 Å². The quantitative estimate of drug-likeness (QED) is 0.318. The normalized spacial score (nSPS) is 14.8. The summed E-state index contributed by atoms with van der Waals surface area (Å²) in [5.41, 5.74) is 0.708. The lowest BCUT2D eigenvalue weighted by Crippen LogP contribution is -2.54. The Bertz CT molecular complexity index is 1350. The first-order valence-electron chi connectivity index (χ1n) is 10.0. The maximum atomic E-state index is 13.9. The van der Waals surface area contributed by atoms with E-state index in [-0.39, 0.29) is 28.5 Å². The van der Waals surface area contributed by atoms with E-state index in [1.807, 2.05) is 0 Å². The van der Waals surface area contributed by atoms with Gasteiger partial charge in [0.1, 0.15) is 23.7 Å². The van der Waals surface area contributed by atoms with Gasteiger partial charge in [-0.15, -0.1) is 0 Å². The molecule has 1 aliphatic rings. The molecule has 4 rings (SSSR count). The number of hydrogen-bond acceptors (Lipinski definition) is 5. The number of carboxylic acid groups (broad SMARTS) is 1. The van der Waals surface area contributed by atoms with E-state index in [0.717, 1.165) is 4.90 Å². The van der Waals surface area contributed by atoms with E-state index in [9.17, 15) is 23.9 Å². The standard InChI is InChI=1S/C25H17FN2O5S/c26-20-10-3-1-7-17(20)14-33-21-11-4-2-6-15(21)13-19-22(29)27-25(34)28(23(19)30)18-9-5-8-16(12-18)24(31)32/h1-13H,14H2,(H,31,32)(H,27,29,34). The molecule has 0 unspecified atom stereocenters. The number of halogens is 1. The van der Waals surface area contributed by atoms with Crippen LogP contribution in [0.5, 0.6) is 5.75 Å². The number of rotatable bonds is 6. The Hall–Kier alpha value is -4.37. The largest absolute Gasteiger partial charge is 0.488 e. The van der Waals surface area contributed by atoms with Crippen LogP contribution in [0.1, 0.15) is 21.5 Å². The lowest BCUT2D eigenvalue weighted by molar-refractivity contribution is -0.122. The van der Waals surface area contributed by atoms with Gasteiger partial charge >= 0.3 is 5.97 Å². The lowest BCUT2D eigenvalue weighted by atomic mass is 10.1. The van der Waals surface area contributed by atoms with Gasteiger partial charge in [0.2, 0.25) is 0 Å². The summed E-state index contributed by atoms with van der Waals surface area (Å²) >= 11 is 5.16. The first-order chi connectivity index (χ1) is 16.3. The van der Waals surface area contributed by atoms with Gasteiger partial charge in [-0.25, -0.2) is 9.18 Å². The van der Waals surface area contributed by atoms with Gasteiger partial charge in [0.25, 0.3) is 11.8 Å². The van der Waals surface area contributed by atoms with Crippen molar-refractivity contribution >= 4 is 46.9 Å².